The number of aryl methyl sites for hydroxylation is 1. The van der Waals surface area contributed by atoms with Crippen LogP contribution in [0.3, 0.4) is 0 Å². The van der Waals surface area contributed by atoms with Gasteiger partial charge in [-0.05, 0) is 69.1 Å². The molecule has 1 amide bonds. The number of carbonyl (C=O) groups is 1. The Morgan fingerprint density at radius 3 is 2.84 bits per heavy atom. The van der Waals surface area contributed by atoms with Crippen molar-refractivity contribution in [1.82, 2.24) is 4.90 Å². The van der Waals surface area contributed by atoms with E-state index in [0.717, 1.165) is 67.9 Å². The molecule has 2 aromatic rings. The molecule has 3 atom stereocenters. The molecular formula is C26H33NO5. The average Bonchev–Trinajstić information content (AvgIpc) is 2.81. The zero-order chi connectivity index (χ0) is 22.3. The van der Waals surface area contributed by atoms with Gasteiger partial charge >= 0.3 is 5.63 Å². The standard InChI is InChI=1S/C26H33NO5/c1-2-22(24(28)27-14-13-26(30)12-6-5-7-17(26)16-27)31-18-10-11-20-19-8-3-4-9-21(19)25(29)32-23(20)15-18/h10-11,15,17,22,30H,2-9,12-14,16H2,1H3/t17-,22-,26+/m0/s1. The first-order valence-corrected chi connectivity index (χ1v) is 12.2. The van der Waals surface area contributed by atoms with Crippen molar-refractivity contribution in [3.8, 4) is 5.75 Å². The van der Waals surface area contributed by atoms with Crippen LogP contribution in [0.5, 0.6) is 5.75 Å². The highest BCUT2D eigenvalue weighted by Crippen LogP contribution is 2.40. The molecule has 3 aliphatic rings. The molecule has 1 saturated heterocycles. The number of hydrogen-bond acceptors (Lipinski definition) is 5. The van der Waals surface area contributed by atoms with E-state index in [2.05, 4.69) is 0 Å². The van der Waals surface area contributed by atoms with Crippen LogP contribution in [0.25, 0.3) is 11.0 Å². The molecule has 32 heavy (non-hydrogen) atoms. The molecule has 2 fully saturated rings. The van der Waals surface area contributed by atoms with E-state index in [1.807, 2.05) is 24.0 Å². The first-order valence-electron chi connectivity index (χ1n) is 12.2. The monoisotopic (exact) mass is 439 g/mol. The molecule has 6 heteroatoms. The van der Waals surface area contributed by atoms with Gasteiger partial charge in [-0.2, -0.15) is 0 Å². The summed E-state index contributed by atoms with van der Waals surface area (Å²) in [4.78, 5) is 27.6. The Bertz CT molecular complexity index is 1080. The van der Waals surface area contributed by atoms with Crippen molar-refractivity contribution >= 4 is 16.9 Å². The van der Waals surface area contributed by atoms with Crippen LogP contribution in [0.15, 0.2) is 27.4 Å². The Hall–Kier alpha value is -2.34. The number of rotatable bonds is 4. The molecule has 0 unspecified atom stereocenters. The van der Waals surface area contributed by atoms with Crippen molar-refractivity contribution in [3.05, 3.63) is 39.7 Å². The van der Waals surface area contributed by atoms with Crippen molar-refractivity contribution in [2.45, 2.75) is 82.8 Å². The van der Waals surface area contributed by atoms with Gasteiger partial charge in [-0.15, -0.1) is 0 Å². The minimum Gasteiger partial charge on any atom is -0.480 e. The maximum absolute atomic E-state index is 13.3. The fraction of sp³-hybridized carbons (Fsp3) is 0.615. The summed E-state index contributed by atoms with van der Waals surface area (Å²) in [5, 5.41) is 11.9. The summed E-state index contributed by atoms with van der Waals surface area (Å²) in [7, 11) is 0. The Morgan fingerprint density at radius 1 is 1.22 bits per heavy atom. The largest absolute Gasteiger partial charge is 0.480 e. The zero-order valence-electron chi connectivity index (χ0n) is 18.9. The number of amides is 1. The predicted molar refractivity (Wildman–Crippen MR) is 122 cm³/mol. The van der Waals surface area contributed by atoms with Gasteiger partial charge in [0, 0.05) is 36.0 Å². The van der Waals surface area contributed by atoms with Crippen LogP contribution in [0.4, 0.5) is 0 Å². The number of aliphatic hydroxyl groups is 1. The summed E-state index contributed by atoms with van der Waals surface area (Å²) in [6.45, 7) is 3.12. The van der Waals surface area contributed by atoms with Crippen molar-refractivity contribution in [3.63, 3.8) is 0 Å². The van der Waals surface area contributed by atoms with Gasteiger partial charge in [-0.25, -0.2) is 4.79 Å². The molecule has 1 aromatic carbocycles. The fourth-order valence-electron chi connectivity index (χ4n) is 5.95. The lowest BCUT2D eigenvalue weighted by atomic mass is 9.71. The summed E-state index contributed by atoms with van der Waals surface area (Å²) in [5.41, 5.74) is 1.59. The van der Waals surface area contributed by atoms with E-state index in [1.165, 1.54) is 0 Å². The second-order valence-corrected chi connectivity index (χ2v) is 9.81. The van der Waals surface area contributed by atoms with Gasteiger partial charge < -0.3 is 19.2 Å². The third-order valence-electron chi connectivity index (χ3n) is 7.86. The van der Waals surface area contributed by atoms with Crippen LogP contribution in [-0.2, 0) is 17.6 Å². The lowest BCUT2D eigenvalue weighted by Gasteiger charge is -2.47. The Kier molecular flexibility index (Phi) is 5.74. The summed E-state index contributed by atoms with van der Waals surface area (Å²) in [5.74, 6) is 0.683. The third kappa shape index (κ3) is 3.83. The number of likely N-dealkylation sites (tertiary alicyclic amines) is 1. The summed E-state index contributed by atoms with van der Waals surface area (Å²) in [6.07, 6.45) is 8.42. The highest BCUT2D eigenvalue weighted by molar-refractivity contribution is 5.84. The van der Waals surface area contributed by atoms with Crippen LogP contribution < -0.4 is 10.4 Å². The molecule has 5 rings (SSSR count). The van der Waals surface area contributed by atoms with E-state index in [0.29, 0.717) is 37.3 Å². The van der Waals surface area contributed by atoms with Crippen molar-refractivity contribution in [2.24, 2.45) is 5.92 Å². The SMILES string of the molecule is CC[C@H](Oc1ccc2c3c(c(=O)oc2c1)CCCC3)C(=O)N1CC[C@]2(O)CCCC[C@H]2C1. The molecule has 172 valence electrons. The van der Waals surface area contributed by atoms with Crippen molar-refractivity contribution in [1.29, 1.82) is 0 Å². The van der Waals surface area contributed by atoms with Crippen molar-refractivity contribution in [2.75, 3.05) is 13.1 Å². The Morgan fingerprint density at radius 2 is 2.03 bits per heavy atom. The zero-order valence-corrected chi connectivity index (χ0v) is 18.9. The number of benzene rings is 1. The molecule has 1 saturated carbocycles. The number of piperidine rings is 1. The Labute approximate surface area is 188 Å². The van der Waals surface area contributed by atoms with E-state index in [9.17, 15) is 14.7 Å². The normalized spacial score (nSPS) is 26.3. The van der Waals surface area contributed by atoms with Gasteiger partial charge in [0.1, 0.15) is 11.3 Å². The molecule has 2 heterocycles. The van der Waals surface area contributed by atoms with Gasteiger partial charge in [0.2, 0.25) is 0 Å². The van der Waals surface area contributed by atoms with Crippen LogP contribution in [0, 0.1) is 5.92 Å². The molecule has 1 N–H and O–H groups in total. The molecule has 1 aromatic heterocycles. The highest BCUT2D eigenvalue weighted by Gasteiger charge is 2.44. The first-order chi connectivity index (χ1) is 15.5. The molecular weight excluding hydrogens is 406 g/mol. The number of fused-ring (bicyclic) bond motifs is 4. The average molecular weight is 440 g/mol. The molecule has 0 radical (unpaired) electrons. The maximum Gasteiger partial charge on any atom is 0.339 e. The fourth-order valence-corrected chi connectivity index (χ4v) is 5.95. The summed E-state index contributed by atoms with van der Waals surface area (Å²) in [6, 6.07) is 5.58. The molecule has 0 spiro atoms. The molecule has 6 nitrogen and oxygen atoms in total. The first kappa shape index (κ1) is 21.5. The van der Waals surface area contributed by atoms with Gasteiger partial charge in [-0.1, -0.05) is 19.8 Å². The summed E-state index contributed by atoms with van der Waals surface area (Å²) >= 11 is 0. The van der Waals surface area contributed by atoms with Crippen LogP contribution in [0.2, 0.25) is 0 Å². The van der Waals surface area contributed by atoms with Gasteiger partial charge in [-0.3, -0.25) is 4.79 Å². The van der Waals surface area contributed by atoms with Crippen molar-refractivity contribution < 1.29 is 19.1 Å². The minimum absolute atomic E-state index is 0.0212. The molecule has 1 aliphatic heterocycles. The van der Waals surface area contributed by atoms with E-state index in [-0.39, 0.29) is 17.5 Å². The van der Waals surface area contributed by atoms with E-state index in [1.54, 1.807) is 6.07 Å². The quantitative estimate of drug-likeness (QED) is 0.729. The van der Waals surface area contributed by atoms with Gasteiger partial charge in [0.15, 0.2) is 6.10 Å². The van der Waals surface area contributed by atoms with E-state index >= 15 is 0 Å². The van der Waals surface area contributed by atoms with Gasteiger partial charge in [0.05, 0.1) is 5.60 Å². The van der Waals surface area contributed by atoms with Gasteiger partial charge in [0.25, 0.3) is 5.91 Å². The van der Waals surface area contributed by atoms with Crippen LogP contribution >= 0.6 is 0 Å². The second kappa shape index (κ2) is 8.54. The summed E-state index contributed by atoms with van der Waals surface area (Å²) < 4.78 is 11.7. The van der Waals surface area contributed by atoms with E-state index < -0.39 is 11.7 Å². The Balaban J connectivity index is 1.34. The third-order valence-corrected chi connectivity index (χ3v) is 7.86. The van der Waals surface area contributed by atoms with E-state index in [4.69, 9.17) is 9.15 Å². The minimum atomic E-state index is -0.605. The lowest BCUT2D eigenvalue weighted by molar-refractivity contribution is -0.150. The smallest absolute Gasteiger partial charge is 0.339 e. The number of carbonyl (C=O) groups excluding carboxylic acids is 1. The maximum atomic E-state index is 13.3. The molecule has 2 aliphatic carbocycles. The lowest BCUT2D eigenvalue weighted by Crippen LogP contribution is -2.56. The second-order valence-electron chi connectivity index (χ2n) is 9.81. The number of ether oxygens (including phenoxy) is 1. The number of hydrogen-bond donors (Lipinski definition) is 1. The highest BCUT2D eigenvalue weighted by atomic mass is 16.5. The van der Waals surface area contributed by atoms with Crippen LogP contribution in [0.1, 0.15) is 69.4 Å². The number of nitrogens with zero attached hydrogens (tertiary/aromatic N) is 1. The molecule has 0 bridgehead atoms. The van der Waals surface area contributed by atoms with Crippen LogP contribution in [-0.4, -0.2) is 40.7 Å². The topological polar surface area (TPSA) is 80.0 Å². The predicted octanol–water partition coefficient (Wildman–Crippen LogP) is 3.98.